The number of hydrogen-bond donors (Lipinski definition) is 12. The minimum absolute atomic E-state index is 0.0246. The number of amides is 7. The zero-order valence-corrected chi connectivity index (χ0v) is 28.7. The predicted octanol–water partition coefficient (Wildman–Crippen LogP) is -5.34. The maximum atomic E-state index is 13.4. The lowest BCUT2D eigenvalue weighted by atomic mass is 10.00. The summed E-state index contributed by atoms with van der Waals surface area (Å²) in [6.45, 7) is 9.37. The lowest BCUT2D eigenvalue weighted by molar-refractivity contribution is -0.145. The molecular weight excluding hydrogens is 652 g/mol. The van der Waals surface area contributed by atoms with Crippen LogP contribution in [0.5, 0.6) is 0 Å². The van der Waals surface area contributed by atoms with E-state index in [0.717, 1.165) is 6.92 Å². The molecule has 20 nitrogen and oxygen atoms in total. The van der Waals surface area contributed by atoms with Gasteiger partial charge < -0.3 is 63.8 Å². The van der Waals surface area contributed by atoms with Crippen molar-refractivity contribution in [2.24, 2.45) is 23.3 Å². The molecule has 280 valence electrons. The molecule has 0 aliphatic carbocycles. The van der Waals surface area contributed by atoms with Gasteiger partial charge in [0.05, 0.1) is 31.3 Å². The van der Waals surface area contributed by atoms with E-state index in [1.165, 1.54) is 27.7 Å². The minimum atomic E-state index is -1.69. The van der Waals surface area contributed by atoms with Gasteiger partial charge in [-0.3, -0.25) is 33.6 Å². The van der Waals surface area contributed by atoms with Crippen molar-refractivity contribution >= 4 is 47.3 Å². The summed E-state index contributed by atoms with van der Waals surface area (Å²) in [5.41, 5.74) is 10.7. The number of nitrogens with one attached hydrogen (secondary N) is 6. The highest BCUT2D eigenvalue weighted by molar-refractivity contribution is 5.97. The van der Waals surface area contributed by atoms with Crippen LogP contribution in [-0.4, -0.2) is 129 Å². The van der Waals surface area contributed by atoms with Crippen LogP contribution in [0.4, 0.5) is 0 Å². The summed E-state index contributed by atoms with van der Waals surface area (Å²) in [5, 5.41) is 52.4. The first-order chi connectivity index (χ1) is 22.5. The molecule has 14 N–H and O–H groups in total. The summed E-state index contributed by atoms with van der Waals surface area (Å²) in [7, 11) is 0. The number of carbonyl (C=O) groups is 8. The van der Waals surface area contributed by atoms with E-state index < -0.39 is 121 Å². The van der Waals surface area contributed by atoms with Crippen LogP contribution in [0.3, 0.4) is 0 Å². The summed E-state index contributed by atoms with van der Waals surface area (Å²) in [5.74, 6) is -9.15. The molecule has 49 heavy (non-hydrogen) atoms. The number of primary amides is 1. The Hall–Kier alpha value is -4.40. The second-order valence-corrected chi connectivity index (χ2v) is 12.5. The Balaban J connectivity index is 5.93. The summed E-state index contributed by atoms with van der Waals surface area (Å²) < 4.78 is 0. The molecule has 20 heteroatoms. The van der Waals surface area contributed by atoms with Gasteiger partial charge in [0.2, 0.25) is 41.4 Å². The molecule has 0 spiro atoms. The van der Waals surface area contributed by atoms with Crippen LogP contribution in [0, 0.1) is 11.8 Å². The molecule has 0 saturated carbocycles. The van der Waals surface area contributed by atoms with Gasteiger partial charge in [-0.25, -0.2) is 4.79 Å². The number of rotatable bonds is 21. The minimum Gasteiger partial charge on any atom is -0.480 e. The molecule has 7 amide bonds. The number of hydrogen-bond acceptors (Lipinski definition) is 12. The average molecular weight is 705 g/mol. The van der Waals surface area contributed by atoms with Crippen LogP contribution in [-0.2, 0) is 38.4 Å². The highest BCUT2D eigenvalue weighted by Crippen LogP contribution is 2.09. The largest absolute Gasteiger partial charge is 0.480 e. The van der Waals surface area contributed by atoms with Crippen LogP contribution in [0.15, 0.2) is 0 Å². The average Bonchev–Trinajstić information content (AvgIpc) is 2.97. The first-order valence-electron chi connectivity index (χ1n) is 15.6. The maximum absolute atomic E-state index is 13.4. The van der Waals surface area contributed by atoms with E-state index >= 15 is 0 Å². The van der Waals surface area contributed by atoms with Crippen molar-refractivity contribution in [1.82, 2.24) is 31.9 Å². The zero-order valence-electron chi connectivity index (χ0n) is 28.7. The molecule has 0 aromatic carbocycles. The quantitative estimate of drug-likeness (QED) is 0.0532. The number of carbonyl (C=O) groups excluding carboxylic acids is 7. The maximum Gasteiger partial charge on any atom is 0.328 e. The van der Waals surface area contributed by atoms with Gasteiger partial charge in [-0.15, -0.1) is 0 Å². The third-order valence-electron chi connectivity index (χ3n) is 7.00. The van der Waals surface area contributed by atoms with Gasteiger partial charge >= 0.3 is 5.97 Å². The SMILES string of the molecule is CC(C)C[C@H](NC(=O)[C@H](CC(N)=O)NC(=O)CNC(=O)[C@@H](N)[C@@H](C)O)C(=O)N[C@H](C(=O)N[C@H](C(=O)N[C@H](C(=O)O)[C@@H](C)O)C(C)C)[C@@H](C)O. The van der Waals surface area contributed by atoms with Gasteiger partial charge in [0.25, 0.3) is 0 Å². The Labute approximate surface area is 283 Å². The lowest BCUT2D eigenvalue weighted by Crippen LogP contribution is -2.62. The molecular formula is C29H52N8O12. The molecule has 0 radical (unpaired) electrons. The molecule has 9 atom stereocenters. The third kappa shape index (κ3) is 16.0. The summed E-state index contributed by atoms with van der Waals surface area (Å²) in [6.07, 6.45) is -4.96. The van der Waals surface area contributed by atoms with Crippen molar-refractivity contribution < 1.29 is 58.8 Å². The molecule has 0 aromatic rings. The molecule has 0 unspecified atom stereocenters. The Kier molecular flexibility index (Phi) is 19.0. The normalized spacial score (nSPS) is 16.8. The van der Waals surface area contributed by atoms with Crippen molar-refractivity contribution in [3.8, 4) is 0 Å². The Morgan fingerprint density at radius 2 is 1.06 bits per heavy atom. The second kappa shape index (κ2) is 20.9. The number of aliphatic carboxylic acids is 1. The molecule has 0 heterocycles. The van der Waals surface area contributed by atoms with Crippen molar-refractivity contribution in [3.05, 3.63) is 0 Å². The number of aliphatic hydroxyl groups is 3. The first-order valence-corrected chi connectivity index (χ1v) is 15.6. The fourth-order valence-corrected chi connectivity index (χ4v) is 4.20. The van der Waals surface area contributed by atoms with Gasteiger partial charge in [-0.1, -0.05) is 27.7 Å². The molecule has 0 aliphatic heterocycles. The van der Waals surface area contributed by atoms with E-state index in [-0.39, 0.29) is 12.3 Å². The Morgan fingerprint density at radius 1 is 0.592 bits per heavy atom. The Bertz CT molecular complexity index is 1190. The van der Waals surface area contributed by atoms with Gasteiger partial charge in [-0.2, -0.15) is 0 Å². The van der Waals surface area contributed by atoms with Crippen LogP contribution in [0.25, 0.3) is 0 Å². The van der Waals surface area contributed by atoms with Crippen LogP contribution in [0.2, 0.25) is 0 Å². The lowest BCUT2D eigenvalue weighted by Gasteiger charge is -2.29. The highest BCUT2D eigenvalue weighted by atomic mass is 16.4. The van der Waals surface area contributed by atoms with E-state index in [9.17, 15) is 58.8 Å². The molecule has 0 aliphatic rings. The van der Waals surface area contributed by atoms with Crippen LogP contribution in [0.1, 0.15) is 61.3 Å². The summed E-state index contributed by atoms with van der Waals surface area (Å²) >= 11 is 0. The van der Waals surface area contributed by atoms with Gasteiger partial charge in [0.1, 0.15) is 30.2 Å². The van der Waals surface area contributed by atoms with E-state index in [1.807, 2.05) is 0 Å². The summed E-state index contributed by atoms with van der Waals surface area (Å²) in [6, 6.07) is -9.06. The third-order valence-corrected chi connectivity index (χ3v) is 7.00. The van der Waals surface area contributed by atoms with E-state index in [0.29, 0.717) is 0 Å². The van der Waals surface area contributed by atoms with Gasteiger partial charge in [0, 0.05) is 0 Å². The Morgan fingerprint density at radius 3 is 1.49 bits per heavy atom. The second-order valence-electron chi connectivity index (χ2n) is 12.5. The number of carboxylic acid groups (broad SMARTS) is 1. The molecule has 0 bridgehead atoms. The predicted molar refractivity (Wildman–Crippen MR) is 171 cm³/mol. The topological polar surface area (TPSA) is 342 Å². The van der Waals surface area contributed by atoms with Crippen molar-refractivity contribution in [3.63, 3.8) is 0 Å². The zero-order chi connectivity index (χ0) is 38.3. The first kappa shape index (κ1) is 44.6. The standard InChI is InChI=1S/C29H52N8O12/c1-11(2)8-16(34-24(43)17(9-18(30)41)33-19(42)10-32-26(45)20(31)13(5)38)25(44)36-22(14(6)39)28(47)35-21(12(3)4)27(46)37-23(15(7)40)29(48)49/h11-17,20-23,38-40H,8-10,31H2,1-7H3,(H2,30,41)(H,32,45)(H,33,42)(H,34,43)(H,35,47)(H,36,44)(H,37,46)(H,48,49)/t13-,14-,15-,16+,17+,20+,21+,22+,23+/m1/s1. The molecule has 0 saturated heterocycles. The smallest absolute Gasteiger partial charge is 0.328 e. The number of nitrogens with two attached hydrogens (primary N) is 2. The fraction of sp³-hybridized carbons (Fsp3) is 0.724. The van der Waals surface area contributed by atoms with Crippen LogP contribution >= 0.6 is 0 Å². The fourth-order valence-electron chi connectivity index (χ4n) is 4.20. The highest BCUT2D eigenvalue weighted by Gasteiger charge is 2.36. The number of aliphatic hydroxyl groups excluding tert-OH is 3. The van der Waals surface area contributed by atoms with E-state index in [2.05, 4.69) is 31.9 Å². The number of carboxylic acids is 1. The van der Waals surface area contributed by atoms with Gasteiger partial charge in [-0.05, 0) is 39.0 Å². The molecule has 0 aromatic heterocycles. The van der Waals surface area contributed by atoms with E-state index in [1.54, 1.807) is 13.8 Å². The van der Waals surface area contributed by atoms with Crippen LogP contribution < -0.4 is 43.4 Å². The van der Waals surface area contributed by atoms with Gasteiger partial charge in [0.15, 0.2) is 6.04 Å². The molecule has 0 rings (SSSR count). The van der Waals surface area contributed by atoms with Crippen molar-refractivity contribution in [2.75, 3.05) is 6.54 Å². The summed E-state index contributed by atoms with van der Waals surface area (Å²) in [4.78, 5) is 100. The monoisotopic (exact) mass is 704 g/mol. The van der Waals surface area contributed by atoms with E-state index in [4.69, 9.17) is 11.5 Å². The molecule has 0 fully saturated rings. The van der Waals surface area contributed by atoms with Crippen molar-refractivity contribution in [2.45, 2.75) is 116 Å². The van der Waals surface area contributed by atoms with Crippen molar-refractivity contribution in [1.29, 1.82) is 0 Å².